The molecule has 0 heterocycles. The Balaban J connectivity index is 2.86. The van der Waals surface area contributed by atoms with Gasteiger partial charge in [0.25, 0.3) is 0 Å². The lowest BCUT2D eigenvalue weighted by Gasteiger charge is -2.10. The SMILES string of the molecule is Fc1ccc(OC(F)(F)Cl)cc1Br. The van der Waals surface area contributed by atoms with Crippen LogP contribution in [0.4, 0.5) is 13.2 Å². The molecule has 0 saturated carbocycles. The third kappa shape index (κ3) is 3.44. The summed E-state index contributed by atoms with van der Waals surface area (Å²) in [5.41, 5.74) is -3.78. The lowest BCUT2D eigenvalue weighted by molar-refractivity contribution is -0.0965. The number of hydrogen-bond donors (Lipinski definition) is 0. The Bertz CT molecular complexity index is 313. The first kappa shape index (κ1) is 10.7. The van der Waals surface area contributed by atoms with Crippen molar-refractivity contribution in [3.63, 3.8) is 0 Å². The number of halogens is 5. The summed E-state index contributed by atoms with van der Waals surface area (Å²) in [4.78, 5) is 0. The van der Waals surface area contributed by atoms with Gasteiger partial charge in [0, 0.05) is 11.6 Å². The molecule has 6 heteroatoms. The van der Waals surface area contributed by atoms with Crippen molar-refractivity contribution >= 4 is 27.5 Å². The lowest BCUT2D eigenvalue weighted by Crippen LogP contribution is -2.15. The Kier molecular flexibility index (Phi) is 3.08. The number of hydrogen-bond acceptors (Lipinski definition) is 1. The predicted molar refractivity (Wildman–Crippen MR) is 45.5 cm³/mol. The lowest BCUT2D eigenvalue weighted by atomic mass is 10.3. The van der Waals surface area contributed by atoms with Crippen molar-refractivity contribution < 1.29 is 17.9 Å². The monoisotopic (exact) mass is 274 g/mol. The maximum absolute atomic E-state index is 12.6. The van der Waals surface area contributed by atoms with Crippen LogP contribution in [0.1, 0.15) is 0 Å². The minimum absolute atomic E-state index is 0.0333. The number of alkyl halides is 3. The summed E-state index contributed by atoms with van der Waals surface area (Å²) >= 11 is 7.31. The molecule has 13 heavy (non-hydrogen) atoms. The molecule has 0 aliphatic rings. The van der Waals surface area contributed by atoms with Gasteiger partial charge in [0.15, 0.2) is 0 Å². The van der Waals surface area contributed by atoms with Crippen LogP contribution in [0, 0.1) is 5.82 Å². The topological polar surface area (TPSA) is 9.23 Å². The second kappa shape index (κ2) is 3.75. The van der Waals surface area contributed by atoms with Crippen LogP contribution in [0.15, 0.2) is 22.7 Å². The molecule has 1 aromatic carbocycles. The fourth-order valence-corrected chi connectivity index (χ4v) is 1.12. The van der Waals surface area contributed by atoms with Gasteiger partial charge in [0.1, 0.15) is 11.6 Å². The molecule has 72 valence electrons. The quantitative estimate of drug-likeness (QED) is 0.747. The van der Waals surface area contributed by atoms with Crippen molar-refractivity contribution in [2.45, 2.75) is 5.57 Å². The Labute approximate surface area is 85.6 Å². The van der Waals surface area contributed by atoms with Crippen LogP contribution in [0.5, 0.6) is 5.75 Å². The summed E-state index contributed by atoms with van der Waals surface area (Å²) in [6.45, 7) is 0. The first-order valence-electron chi connectivity index (χ1n) is 3.09. The molecule has 0 fully saturated rings. The van der Waals surface area contributed by atoms with Gasteiger partial charge >= 0.3 is 5.57 Å². The molecule has 0 bridgehead atoms. The van der Waals surface area contributed by atoms with E-state index >= 15 is 0 Å². The van der Waals surface area contributed by atoms with Crippen molar-refractivity contribution in [3.8, 4) is 5.75 Å². The fraction of sp³-hybridized carbons (Fsp3) is 0.143. The molecule has 0 radical (unpaired) electrons. The molecule has 1 rings (SSSR count). The zero-order valence-corrected chi connectivity index (χ0v) is 8.37. The van der Waals surface area contributed by atoms with Gasteiger partial charge in [-0.25, -0.2) is 4.39 Å². The summed E-state index contributed by atoms with van der Waals surface area (Å²) in [5, 5.41) is 0. The molecule has 0 atom stereocenters. The molecular formula is C7H3BrClF3O. The van der Waals surface area contributed by atoms with Gasteiger partial charge in [-0.2, -0.15) is 0 Å². The van der Waals surface area contributed by atoms with E-state index in [-0.39, 0.29) is 10.2 Å². The highest BCUT2D eigenvalue weighted by atomic mass is 79.9. The van der Waals surface area contributed by atoms with Crippen LogP contribution in [0.25, 0.3) is 0 Å². The van der Waals surface area contributed by atoms with Crippen molar-refractivity contribution in [2.24, 2.45) is 0 Å². The normalized spacial score (nSPS) is 11.5. The highest BCUT2D eigenvalue weighted by molar-refractivity contribution is 9.10. The number of rotatable bonds is 2. The van der Waals surface area contributed by atoms with Gasteiger partial charge in [0.2, 0.25) is 0 Å². The highest BCUT2D eigenvalue weighted by Crippen LogP contribution is 2.28. The summed E-state index contributed by atoms with van der Waals surface area (Å²) < 4.78 is 40.8. The molecule has 1 nitrogen and oxygen atoms in total. The molecule has 1 aromatic rings. The maximum Gasteiger partial charge on any atom is 0.487 e. The van der Waals surface area contributed by atoms with E-state index in [1.54, 1.807) is 0 Å². The summed E-state index contributed by atoms with van der Waals surface area (Å²) in [6, 6.07) is 3.10. The van der Waals surface area contributed by atoms with Crippen LogP contribution in [-0.2, 0) is 0 Å². The van der Waals surface area contributed by atoms with Crippen LogP contribution in [0.3, 0.4) is 0 Å². The van der Waals surface area contributed by atoms with E-state index in [1.807, 2.05) is 0 Å². The fourth-order valence-electron chi connectivity index (χ4n) is 0.674. The summed E-state index contributed by atoms with van der Waals surface area (Å²) in [7, 11) is 0. The summed E-state index contributed by atoms with van der Waals surface area (Å²) in [6.07, 6.45) is 0. The molecule has 0 spiro atoms. The molecule has 0 aliphatic carbocycles. The minimum atomic E-state index is -3.78. The van der Waals surface area contributed by atoms with Crippen LogP contribution in [-0.4, -0.2) is 5.57 Å². The zero-order chi connectivity index (χ0) is 10.1. The number of ether oxygens (including phenoxy) is 1. The van der Waals surface area contributed by atoms with E-state index in [2.05, 4.69) is 32.3 Å². The van der Waals surface area contributed by atoms with Crippen LogP contribution in [0.2, 0.25) is 0 Å². The van der Waals surface area contributed by atoms with E-state index in [1.165, 1.54) is 0 Å². The largest absolute Gasteiger partial charge is 0.487 e. The van der Waals surface area contributed by atoms with Gasteiger partial charge in [-0.05, 0) is 34.1 Å². The van der Waals surface area contributed by atoms with E-state index in [0.29, 0.717) is 0 Å². The zero-order valence-electron chi connectivity index (χ0n) is 6.03. The molecular weight excluding hydrogens is 272 g/mol. The van der Waals surface area contributed by atoms with E-state index in [4.69, 9.17) is 0 Å². The first-order chi connectivity index (χ1) is 5.88. The molecule has 0 N–H and O–H groups in total. The van der Waals surface area contributed by atoms with Crippen LogP contribution >= 0.6 is 27.5 Å². The molecule has 0 saturated heterocycles. The Hall–Kier alpha value is -0.420. The maximum atomic E-state index is 12.6. The minimum Gasteiger partial charge on any atom is -0.420 e. The van der Waals surface area contributed by atoms with Crippen LogP contribution < -0.4 is 4.74 Å². The average Bonchev–Trinajstić information content (AvgIpc) is 1.94. The third-order valence-electron chi connectivity index (χ3n) is 1.12. The van der Waals surface area contributed by atoms with Crippen molar-refractivity contribution in [3.05, 3.63) is 28.5 Å². The Morgan fingerprint density at radius 2 is 2.00 bits per heavy atom. The standard InChI is InChI=1S/C7H3BrClF3O/c8-5-3-4(1-2-6(5)10)13-7(9,11)12/h1-3H. The van der Waals surface area contributed by atoms with Gasteiger partial charge in [0.05, 0.1) is 4.47 Å². The molecule has 0 unspecified atom stereocenters. The van der Waals surface area contributed by atoms with Crippen molar-refractivity contribution in [2.75, 3.05) is 0 Å². The van der Waals surface area contributed by atoms with Crippen molar-refractivity contribution in [1.29, 1.82) is 0 Å². The third-order valence-corrected chi connectivity index (χ3v) is 1.81. The van der Waals surface area contributed by atoms with Gasteiger partial charge in [-0.1, -0.05) is 0 Å². The summed E-state index contributed by atoms with van der Waals surface area (Å²) in [5.74, 6) is -0.779. The number of benzene rings is 1. The smallest absolute Gasteiger partial charge is 0.420 e. The van der Waals surface area contributed by atoms with E-state index in [0.717, 1.165) is 18.2 Å². The molecule has 0 amide bonds. The predicted octanol–water partition coefficient (Wildman–Crippen LogP) is 3.76. The molecule has 0 aromatic heterocycles. The Morgan fingerprint density at radius 1 is 1.38 bits per heavy atom. The average molecular weight is 275 g/mol. The second-order valence-electron chi connectivity index (χ2n) is 2.12. The second-order valence-corrected chi connectivity index (χ2v) is 3.42. The van der Waals surface area contributed by atoms with Gasteiger partial charge in [-0.15, -0.1) is 8.78 Å². The van der Waals surface area contributed by atoms with Gasteiger partial charge < -0.3 is 4.74 Å². The van der Waals surface area contributed by atoms with E-state index in [9.17, 15) is 13.2 Å². The van der Waals surface area contributed by atoms with E-state index < -0.39 is 11.4 Å². The van der Waals surface area contributed by atoms with Gasteiger partial charge in [-0.3, -0.25) is 0 Å². The molecule has 0 aliphatic heterocycles. The first-order valence-corrected chi connectivity index (χ1v) is 4.26. The van der Waals surface area contributed by atoms with Crippen molar-refractivity contribution in [1.82, 2.24) is 0 Å². The Morgan fingerprint density at radius 3 is 2.46 bits per heavy atom. The highest BCUT2D eigenvalue weighted by Gasteiger charge is 2.27.